The number of Topliss-reactive ketones (excluding diaryl/α,β-unsaturated/α-hetero) is 1. The van der Waals surface area contributed by atoms with E-state index in [2.05, 4.69) is 14.6 Å². The lowest BCUT2D eigenvalue weighted by atomic mass is 9.91. The zero-order chi connectivity index (χ0) is 18.7. The van der Waals surface area contributed by atoms with Gasteiger partial charge in [0.05, 0.1) is 4.90 Å². The van der Waals surface area contributed by atoms with Crippen LogP contribution in [0, 0.1) is 5.92 Å². The summed E-state index contributed by atoms with van der Waals surface area (Å²) in [4.78, 5) is 19.1. The second-order valence-electron chi connectivity index (χ2n) is 6.41. The van der Waals surface area contributed by atoms with Gasteiger partial charge < -0.3 is 4.90 Å². The van der Waals surface area contributed by atoms with Crippen LogP contribution in [0.5, 0.6) is 0 Å². The van der Waals surface area contributed by atoms with Crippen LogP contribution in [0.15, 0.2) is 47.4 Å². The van der Waals surface area contributed by atoms with Gasteiger partial charge in [0.1, 0.15) is 11.5 Å². The minimum atomic E-state index is -3.79. The maximum Gasteiger partial charge on any atom is 0.263 e. The second-order valence-corrected chi connectivity index (χ2v) is 8.53. The van der Waals surface area contributed by atoms with Gasteiger partial charge in [-0.3, -0.25) is 9.52 Å². The van der Waals surface area contributed by atoms with E-state index in [0.717, 1.165) is 25.9 Å². The predicted molar refractivity (Wildman–Crippen MR) is 101 cm³/mol. The fourth-order valence-electron chi connectivity index (χ4n) is 2.92. The molecule has 138 valence electrons. The van der Waals surface area contributed by atoms with Gasteiger partial charge in [0.15, 0.2) is 5.78 Å². The Kier molecular flexibility index (Phi) is 5.60. The summed E-state index contributed by atoms with van der Waals surface area (Å²) >= 11 is 5.79. The van der Waals surface area contributed by atoms with Crippen molar-refractivity contribution >= 4 is 33.2 Å². The topological polar surface area (TPSA) is 79.4 Å². The van der Waals surface area contributed by atoms with Crippen molar-refractivity contribution < 1.29 is 13.2 Å². The van der Waals surface area contributed by atoms with E-state index in [1.807, 2.05) is 7.05 Å². The number of halogens is 1. The summed E-state index contributed by atoms with van der Waals surface area (Å²) in [6.45, 7) is 1.75. The maximum atomic E-state index is 12.7. The Labute approximate surface area is 158 Å². The van der Waals surface area contributed by atoms with Gasteiger partial charge in [0.25, 0.3) is 10.0 Å². The molecule has 8 heteroatoms. The van der Waals surface area contributed by atoms with E-state index in [1.54, 1.807) is 12.1 Å². The number of anilines is 1. The molecule has 1 N–H and O–H groups in total. The highest BCUT2D eigenvalue weighted by molar-refractivity contribution is 7.92. The van der Waals surface area contributed by atoms with Crippen molar-refractivity contribution in [2.24, 2.45) is 5.92 Å². The average molecular weight is 394 g/mol. The van der Waals surface area contributed by atoms with Crippen molar-refractivity contribution in [2.75, 3.05) is 24.9 Å². The number of carbonyl (C=O) groups excluding carboxylic acids is 1. The van der Waals surface area contributed by atoms with Crippen LogP contribution in [0.3, 0.4) is 0 Å². The molecule has 0 amide bonds. The number of pyridine rings is 1. The molecule has 0 spiro atoms. The summed E-state index contributed by atoms with van der Waals surface area (Å²) < 4.78 is 27.3. The van der Waals surface area contributed by atoms with Gasteiger partial charge in [-0.25, -0.2) is 13.4 Å². The van der Waals surface area contributed by atoms with Crippen molar-refractivity contribution in [3.8, 4) is 0 Å². The quantitative estimate of drug-likeness (QED) is 0.790. The number of nitrogens with zero attached hydrogens (tertiary/aromatic N) is 2. The Morgan fingerprint density at radius 2 is 1.81 bits per heavy atom. The smallest absolute Gasteiger partial charge is 0.263 e. The molecule has 0 unspecified atom stereocenters. The van der Waals surface area contributed by atoms with Gasteiger partial charge in [0, 0.05) is 10.9 Å². The van der Waals surface area contributed by atoms with Gasteiger partial charge in [-0.1, -0.05) is 17.7 Å². The number of carbonyl (C=O) groups is 1. The molecule has 1 saturated heterocycles. The molecule has 1 aliphatic rings. The molecule has 1 aromatic carbocycles. The number of rotatable bonds is 5. The molecule has 3 rings (SSSR count). The van der Waals surface area contributed by atoms with Crippen molar-refractivity contribution in [1.82, 2.24) is 9.88 Å². The van der Waals surface area contributed by atoms with Crippen LogP contribution in [0.2, 0.25) is 5.02 Å². The van der Waals surface area contributed by atoms with Crippen molar-refractivity contribution in [1.29, 1.82) is 0 Å². The molecule has 1 aliphatic heterocycles. The Morgan fingerprint density at radius 3 is 2.46 bits per heavy atom. The molecule has 6 nitrogen and oxygen atoms in total. The van der Waals surface area contributed by atoms with E-state index in [9.17, 15) is 13.2 Å². The molecular formula is C18H20ClN3O3S. The first-order chi connectivity index (χ1) is 12.3. The largest absolute Gasteiger partial charge is 0.306 e. The molecule has 2 heterocycles. The summed E-state index contributed by atoms with van der Waals surface area (Å²) in [7, 11) is -1.76. The van der Waals surface area contributed by atoms with E-state index >= 15 is 0 Å². The Morgan fingerprint density at radius 1 is 1.15 bits per heavy atom. The highest BCUT2D eigenvalue weighted by Gasteiger charge is 2.25. The van der Waals surface area contributed by atoms with Crippen LogP contribution in [-0.2, 0) is 10.0 Å². The lowest BCUT2D eigenvalue weighted by Crippen LogP contribution is -2.33. The first kappa shape index (κ1) is 18.8. The lowest BCUT2D eigenvalue weighted by Gasteiger charge is -2.27. The van der Waals surface area contributed by atoms with Crippen LogP contribution < -0.4 is 4.72 Å². The van der Waals surface area contributed by atoms with Crippen LogP contribution in [-0.4, -0.2) is 44.2 Å². The molecule has 0 atom stereocenters. The molecule has 26 heavy (non-hydrogen) atoms. The highest BCUT2D eigenvalue weighted by Crippen LogP contribution is 2.22. The number of piperidine rings is 1. The van der Waals surface area contributed by atoms with E-state index in [-0.39, 0.29) is 28.1 Å². The number of likely N-dealkylation sites (tertiary alicyclic amines) is 1. The van der Waals surface area contributed by atoms with Crippen LogP contribution >= 0.6 is 11.6 Å². The third kappa shape index (κ3) is 4.41. The maximum absolute atomic E-state index is 12.7. The number of aromatic nitrogens is 1. The minimum absolute atomic E-state index is 0.0364. The summed E-state index contributed by atoms with van der Waals surface area (Å²) in [5.41, 5.74) is 0.288. The Bertz CT molecular complexity index is 892. The number of hydrogen-bond donors (Lipinski definition) is 1. The Balaban J connectivity index is 1.77. The molecule has 0 saturated carbocycles. The van der Waals surface area contributed by atoms with E-state index in [1.165, 1.54) is 30.3 Å². The van der Waals surface area contributed by atoms with Crippen LogP contribution in [0.4, 0.5) is 5.82 Å². The molecule has 0 bridgehead atoms. The standard InChI is InChI=1S/C18H20ClN3O3S/c1-22-11-9-13(10-12-22)18(23)16-3-2-4-17(20-16)21-26(24,25)15-7-5-14(19)6-8-15/h2-8,13H,9-12H2,1H3,(H,20,21). The third-order valence-corrected chi connectivity index (χ3v) is 6.08. The van der Waals surface area contributed by atoms with Gasteiger partial charge in [-0.15, -0.1) is 0 Å². The molecule has 1 fully saturated rings. The lowest BCUT2D eigenvalue weighted by molar-refractivity contribution is 0.0851. The van der Waals surface area contributed by atoms with E-state index in [0.29, 0.717) is 5.02 Å². The molecule has 2 aromatic rings. The fraction of sp³-hybridized carbons (Fsp3) is 0.333. The summed E-state index contributed by atoms with van der Waals surface area (Å²) in [6.07, 6.45) is 1.58. The first-order valence-corrected chi connectivity index (χ1v) is 10.2. The third-order valence-electron chi connectivity index (χ3n) is 4.45. The number of nitrogens with one attached hydrogen (secondary N) is 1. The molecule has 1 aromatic heterocycles. The Hall–Kier alpha value is -1.96. The second kappa shape index (κ2) is 7.73. The predicted octanol–water partition coefficient (Wildman–Crippen LogP) is 3.06. The van der Waals surface area contributed by atoms with Gasteiger partial charge in [-0.2, -0.15) is 0 Å². The zero-order valence-corrected chi connectivity index (χ0v) is 15.9. The summed E-state index contributed by atoms with van der Waals surface area (Å²) in [5.74, 6) is 0.0196. The summed E-state index contributed by atoms with van der Waals surface area (Å²) in [6, 6.07) is 10.6. The highest BCUT2D eigenvalue weighted by atomic mass is 35.5. The van der Waals surface area contributed by atoms with Crippen molar-refractivity contribution in [3.05, 3.63) is 53.2 Å². The van der Waals surface area contributed by atoms with Crippen LogP contribution in [0.1, 0.15) is 23.3 Å². The molecular weight excluding hydrogens is 374 g/mol. The van der Waals surface area contributed by atoms with Gasteiger partial charge in [-0.05, 0) is 69.4 Å². The first-order valence-electron chi connectivity index (χ1n) is 8.33. The van der Waals surface area contributed by atoms with Crippen molar-refractivity contribution in [2.45, 2.75) is 17.7 Å². The van der Waals surface area contributed by atoms with E-state index in [4.69, 9.17) is 11.6 Å². The zero-order valence-electron chi connectivity index (χ0n) is 14.4. The average Bonchev–Trinajstić information content (AvgIpc) is 2.62. The van der Waals surface area contributed by atoms with Crippen molar-refractivity contribution in [3.63, 3.8) is 0 Å². The van der Waals surface area contributed by atoms with Gasteiger partial charge in [0.2, 0.25) is 0 Å². The number of hydrogen-bond acceptors (Lipinski definition) is 5. The monoisotopic (exact) mass is 393 g/mol. The van der Waals surface area contributed by atoms with Gasteiger partial charge >= 0.3 is 0 Å². The molecule has 0 aliphatic carbocycles. The summed E-state index contributed by atoms with van der Waals surface area (Å²) in [5, 5.41) is 0.452. The number of sulfonamides is 1. The SMILES string of the molecule is CN1CCC(C(=O)c2cccc(NS(=O)(=O)c3ccc(Cl)cc3)n2)CC1. The molecule has 0 radical (unpaired) electrons. The van der Waals surface area contributed by atoms with E-state index < -0.39 is 10.0 Å². The van der Waals surface area contributed by atoms with Crippen LogP contribution in [0.25, 0.3) is 0 Å². The number of benzene rings is 1. The minimum Gasteiger partial charge on any atom is -0.306 e. The fourth-order valence-corrected chi connectivity index (χ4v) is 4.05. The number of ketones is 1. The normalized spacial score (nSPS) is 16.4.